The van der Waals surface area contributed by atoms with Crippen LogP contribution in [0.3, 0.4) is 0 Å². The van der Waals surface area contributed by atoms with Crippen LogP contribution in [0.1, 0.15) is 24.8 Å². The highest BCUT2D eigenvalue weighted by atomic mass is 19.2. The van der Waals surface area contributed by atoms with Crippen molar-refractivity contribution in [3.63, 3.8) is 0 Å². The first kappa shape index (κ1) is 12.6. The minimum absolute atomic E-state index is 0.128. The molecule has 1 aromatic rings. The molecule has 0 unspecified atom stereocenters. The second-order valence-corrected chi connectivity index (χ2v) is 4.20. The first-order valence-corrected chi connectivity index (χ1v) is 5.54. The molecule has 1 nitrogen and oxygen atoms in total. The Morgan fingerprint density at radius 3 is 2.22 bits per heavy atom. The van der Waals surface area contributed by atoms with Gasteiger partial charge in [0.1, 0.15) is 5.78 Å². The molecular weight excluding hydrogens is 241 g/mol. The highest BCUT2D eigenvalue weighted by molar-refractivity contribution is 5.86. The predicted molar refractivity (Wildman–Crippen MR) is 62.3 cm³/mol. The van der Waals surface area contributed by atoms with Gasteiger partial charge in [0.2, 0.25) is 0 Å². The summed E-state index contributed by atoms with van der Waals surface area (Å²) < 4.78 is 39.0. The molecule has 2 rings (SSSR count). The first-order valence-electron chi connectivity index (χ1n) is 5.54. The van der Waals surface area contributed by atoms with Gasteiger partial charge in [0.15, 0.2) is 17.5 Å². The van der Waals surface area contributed by atoms with Gasteiger partial charge < -0.3 is 0 Å². The van der Waals surface area contributed by atoms with Crippen LogP contribution in [-0.4, -0.2) is 5.78 Å². The van der Waals surface area contributed by atoms with Gasteiger partial charge in [-0.05, 0) is 35.3 Å². The molecule has 0 saturated carbocycles. The van der Waals surface area contributed by atoms with Crippen molar-refractivity contribution in [2.24, 2.45) is 0 Å². The summed E-state index contributed by atoms with van der Waals surface area (Å²) in [7, 11) is 0. The molecule has 94 valence electrons. The summed E-state index contributed by atoms with van der Waals surface area (Å²) in [6.45, 7) is 3.75. The molecule has 1 aliphatic rings. The third kappa shape index (κ3) is 2.37. The van der Waals surface area contributed by atoms with Gasteiger partial charge in [-0.15, -0.1) is 0 Å². The number of carbonyl (C=O) groups is 1. The Morgan fingerprint density at radius 2 is 1.72 bits per heavy atom. The number of benzene rings is 1. The molecule has 1 aliphatic carbocycles. The zero-order valence-corrected chi connectivity index (χ0v) is 9.60. The van der Waals surface area contributed by atoms with Crippen molar-refractivity contribution in [2.75, 3.05) is 0 Å². The number of ketones is 1. The van der Waals surface area contributed by atoms with Gasteiger partial charge in [-0.3, -0.25) is 4.79 Å². The fourth-order valence-corrected chi connectivity index (χ4v) is 1.90. The smallest absolute Gasteiger partial charge is 0.194 e. The van der Waals surface area contributed by atoms with Gasteiger partial charge in [-0.1, -0.05) is 12.7 Å². The second kappa shape index (κ2) is 4.80. The maximum Gasteiger partial charge on any atom is 0.194 e. The molecule has 0 radical (unpaired) electrons. The minimum Gasteiger partial charge on any atom is -0.299 e. The van der Waals surface area contributed by atoms with E-state index in [1.807, 2.05) is 0 Å². The number of hydrogen-bond donors (Lipinski definition) is 0. The lowest BCUT2D eigenvalue weighted by Gasteiger charge is -2.15. The van der Waals surface area contributed by atoms with E-state index in [1.54, 1.807) is 6.08 Å². The van der Waals surface area contributed by atoms with E-state index >= 15 is 0 Å². The third-order valence-corrected chi connectivity index (χ3v) is 2.97. The number of allylic oxidation sites excluding steroid dienone is 3. The summed E-state index contributed by atoms with van der Waals surface area (Å²) in [5, 5.41) is 0. The van der Waals surface area contributed by atoms with Crippen LogP contribution in [0.4, 0.5) is 13.2 Å². The monoisotopic (exact) mass is 252 g/mol. The van der Waals surface area contributed by atoms with E-state index < -0.39 is 17.5 Å². The molecule has 18 heavy (non-hydrogen) atoms. The highest BCUT2D eigenvalue weighted by Crippen LogP contribution is 2.29. The summed E-state index contributed by atoms with van der Waals surface area (Å²) in [5.41, 5.74) is 1.41. The zero-order valence-electron chi connectivity index (χ0n) is 9.60. The van der Waals surface area contributed by atoms with Crippen LogP contribution in [0.25, 0.3) is 5.57 Å². The normalized spacial score (nSPS) is 15.5. The van der Waals surface area contributed by atoms with E-state index in [-0.39, 0.29) is 11.3 Å². The van der Waals surface area contributed by atoms with Crippen LogP contribution in [-0.2, 0) is 4.79 Å². The molecule has 0 N–H and O–H groups in total. The molecule has 4 heteroatoms. The van der Waals surface area contributed by atoms with Gasteiger partial charge in [0.25, 0.3) is 0 Å². The number of rotatable bonds is 2. The fourth-order valence-electron chi connectivity index (χ4n) is 1.90. The number of halogens is 3. The Labute approximate surface area is 103 Å². The average Bonchev–Trinajstić information content (AvgIpc) is 2.35. The maximum atomic E-state index is 13.1. The quantitative estimate of drug-likeness (QED) is 0.732. The van der Waals surface area contributed by atoms with Crippen LogP contribution in [0.5, 0.6) is 0 Å². The predicted octanol–water partition coefficient (Wildman–Crippen LogP) is 3.80. The van der Waals surface area contributed by atoms with Crippen molar-refractivity contribution in [3.05, 3.63) is 53.4 Å². The van der Waals surface area contributed by atoms with E-state index in [9.17, 15) is 18.0 Å². The molecular formula is C14H11F3O. The van der Waals surface area contributed by atoms with Crippen molar-refractivity contribution in [2.45, 2.75) is 19.3 Å². The summed E-state index contributed by atoms with van der Waals surface area (Å²) in [4.78, 5) is 11.1. The van der Waals surface area contributed by atoms with Gasteiger partial charge in [-0.2, -0.15) is 0 Å². The Balaban J connectivity index is 2.32. The Kier molecular flexibility index (Phi) is 3.36. The molecule has 0 atom stereocenters. The molecule has 0 bridgehead atoms. The van der Waals surface area contributed by atoms with Gasteiger partial charge in [-0.25, -0.2) is 13.2 Å². The average molecular weight is 252 g/mol. The van der Waals surface area contributed by atoms with E-state index in [0.717, 1.165) is 17.7 Å². The molecule has 0 heterocycles. The standard InChI is InChI=1S/C14H11F3O/c1-8(9-2-4-11(18)5-3-9)10-6-12(15)14(17)13(16)7-10/h2,6-7H,1,3-5H2. The summed E-state index contributed by atoms with van der Waals surface area (Å²) in [5.74, 6) is -3.83. The van der Waals surface area contributed by atoms with Crippen molar-refractivity contribution in [1.82, 2.24) is 0 Å². The Morgan fingerprint density at radius 1 is 1.11 bits per heavy atom. The third-order valence-electron chi connectivity index (χ3n) is 2.97. The van der Waals surface area contributed by atoms with Crippen molar-refractivity contribution < 1.29 is 18.0 Å². The second-order valence-electron chi connectivity index (χ2n) is 4.20. The molecule has 0 amide bonds. The number of hydrogen-bond acceptors (Lipinski definition) is 1. The van der Waals surface area contributed by atoms with E-state index in [2.05, 4.69) is 6.58 Å². The van der Waals surface area contributed by atoms with E-state index in [4.69, 9.17) is 0 Å². The lowest BCUT2D eigenvalue weighted by Crippen LogP contribution is -2.05. The van der Waals surface area contributed by atoms with E-state index in [1.165, 1.54) is 0 Å². The molecule has 1 aromatic carbocycles. The lowest BCUT2D eigenvalue weighted by molar-refractivity contribution is -0.118. The van der Waals surface area contributed by atoms with Crippen molar-refractivity contribution in [3.8, 4) is 0 Å². The van der Waals surface area contributed by atoms with Crippen LogP contribution in [0.15, 0.2) is 30.4 Å². The fraction of sp³-hybridized carbons (Fsp3) is 0.214. The summed E-state index contributed by atoms with van der Waals surface area (Å²) in [6.07, 6.45) is 2.91. The van der Waals surface area contributed by atoms with Gasteiger partial charge in [0, 0.05) is 12.8 Å². The number of Topliss-reactive ketones (excluding diaryl/α,β-unsaturated/α-hetero) is 1. The van der Waals surface area contributed by atoms with E-state index in [0.29, 0.717) is 24.8 Å². The van der Waals surface area contributed by atoms with Gasteiger partial charge >= 0.3 is 0 Å². The van der Waals surface area contributed by atoms with Crippen LogP contribution >= 0.6 is 0 Å². The Hall–Kier alpha value is -1.84. The lowest BCUT2D eigenvalue weighted by atomic mass is 9.90. The van der Waals surface area contributed by atoms with Gasteiger partial charge in [0.05, 0.1) is 0 Å². The zero-order chi connectivity index (χ0) is 13.3. The molecule has 0 fully saturated rings. The van der Waals surface area contributed by atoms with Crippen molar-refractivity contribution >= 4 is 11.4 Å². The summed E-state index contributed by atoms with van der Waals surface area (Å²) >= 11 is 0. The summed E-state index contributed by atoms with van der Waals surface area (Å²) in [6, 6.07) is 1.83. The van der Waals surface area contributed by atoms with Crippen molar-refractivity contribution in [1.29, 1.82) is 0 Å². The van der Waals surface area contributed by atoms with Crippen LogP contribution in [0.2, 0.25) is 0 Å². The number of carbonyl (C=O) groups excluding carboxylic acids is 1. The SMILES string of the molecule is C=C(C1=CCC(=O)CC1)c1cc(F)c(F)c(F)c1. The minimum atomic E-state index is -1.49. The first-order chi connectivity index (χ1) is 8.49. The molecule has 0 spiro atoms. The Bertz CT molecular complexity index is 535. The largest absolute Gasteiger partial charge is 0.299 e. The topological polar surface area (TPSA) is 17.1 Å². The van der Waals surface area contributed by atoms with Crippen LogP contribution < -0.4 is 0 Å². The molecule has 0 saturated heterocycles. The maximum absolute atomic E-state index is 13.1. The molecule has 0 aromatic heterocycles. The highest BCUT2D eigenvalue weighted by Gasteiger charge is 2.17. The molecule has 0 aliphatic heterocycles. The van der Waals surface area contributed by atoms with Crippen LogP contribution in [0, 0.1) is 17.5 Å².